The van der Waals surface area contributed by atoms with Crippen LogP contribution in [0.5, 0.6) is 0 Å². The Morgan fingerprint density at radius 2 is 0.685 bits per heavy atom. The Morgan fingerprint density at radius 1 is 0.397 bits per heavy atom. The van der Waals surface area contributed by atoms with Gasteiger partial charge in [0.1, 0.15) is 91.6 Å². The van der Waals surface area contributed by atoms with Crippen LogP contribution in [0.15, 0.2) is 11.8 Å². The zero-order valence-corrected chi connectivity index (χ0v) is 114. The van der Waals surface area contributed by atoms with Gasteiger partial charge in [0.15, 0.2) is 43.5 Å². The van der Waals surface area contributed by atoms with Crippen molar-refractivity contribution in [2.75, 3.05) is 73.2 Å². The molecule has 0 bridgehead atoms. The predicted molar refractivity (Wildman–Crippen MR) is 386 cm³/mol. The average Bonchev–Trinajstić information content (AvgIpc) is 0.830. The molecule has 93 heteroatoms. The first-order valence-corrected chi connectivity index (χ1v) is 47.1. The molecule has 0 aliphatic carbocycles. The van der Waals surface area contributed by atoms with E-state index in [1.807, 2.05) is 0 Å². The van der Waals surface area contributed by atoms with Crippen LogP contribution in [0, 0.1) is 0 Å². The monoisotopic (exact) mass is 2440 g/mol. The van der Waals surface area contributed by atoms with Crippen LogP contribution >= 0.6 is 0 Å². The third-order valence-corrected chi connectivity index (χ3v) is 21.0. The zero-order chi connectivity index (χ0) is 99.8. The van der Waals surface area contributed by atoms with Crippen molar-refractivity contribution in [3.05, 3.63) is 11.8 Å². The van der Waals surface area contributed by atoms with Crippen LogP contribution in [0.25, 0.3) is 0 Å². The Bertz CT molecular complexity index is 4640. The van der Waals surface area contributed by atoms with Crippen molar-refractivity contribution in [2.24, 2.45) is 0 Å². The van der Waals surface area contributed by atoms with Gasteiger partial charge in [-0.05, 0) is 19.9 Å². The van der Waals surface area contributed by atoms with Gasteiger partial charge in [-0.15, -0.1) is 0 Å². The molecule has 28 atom stereocenters. The maximum absolute atomic E-state index is 11.1. The van der Waals surface area contributed by atoms with Crippen molar-refractivity contribution < 1.29 is 696 Å². The largest absolute Gasteiger partial charge is 1.00 e. The molecule has 22 N–H and O–H groups in total. The molecule has 0 saturated carbocycles. The summed E-state index contributed by atoms with van der Waals surface area (Å²) in [6, 6.07) is -5.09. The number of amides is 1. The van der Waals surface area contributed by atoms with E-state index < -0.39 is 354 Å². The number of ether oxygens (including phenoxy) is 11. The SMILES string of the molecule is CC(=O)NC1C(O)CC(COS(=O)(=O)[O-])OC1C.CC1OC(COS(=O)(=O)[O-])CC(O)C1NS(=O)(=O)[O-].COC1C(C(=O)[O-])OCC(O)C1O.O.O.O.O.O=C([O-])C1=CC(O)C(OS(=O)(=O)[O-])CO1.O=C[O-].O=C[O-].O=S(=O)([O-])NC1C(O)CC(COS(=O)(=O)[O-])OC1OC1COCC(O)C1O.O=S(=O)([O-])NC1C(O)CC(COS(=O)(=O)[O-])OC1OC1COCC(OS(=O)(=O)[O-])C1O.[Na+].[Na+].[Na+].[Na+].[Na+].[Na+].[Na+].[Na+].[Na+].[Na+].[Na+].[Na+].[Na+]. The van der Waals surface area contributed by atoms with E-state index in [4.69, 9.17) is 72.3 Å². The van der Waals surface area contributed by atoms with Crippen LogP contribution in [-0.2, 0) is 194 Å². The number of aliphatic hydroxyl groups excluding tert-OH is 10. The van der Waals surface area contributed by atoms with Crippen molar-refractivity contribution in [3.8, 4) is 0 Å². The first kappa shape index (κ1) is 192. The summed E-state index contributed by atoms with van der Waals surface area (Å²) in [5.74, 6) is -4.05. The normalized spacial score (nSPS) is 29.6. The molecule has 7 fully saturated rings. The number of carboxylic acids is 2. The second kappa shape index (κ2) is 91.8. The average molecular weight is 2450 g/mol. The summed E-state index contributed by atoms with van der Waals surface area (Å²) in [6.07, 6.45) is -31.7. The molecule has 28 unspecified atom stereocenters. The van der Waals surface area contributed by atoms with Crippen LogP contribution in [0.4, 0.5) is 0 Å². The van der Waals surface area contributed by atoms with Crippen molar-refractivity contribution in [1.82, 2.24) is 19.5 Å². The van der Waals surface area contributed by atoms with Gasteiger partial charge in [0, 0.05) is 52.7 Å². The van der Waals surface area contributed by atoms with E-state index in [0.717, 1.165) is 0 Å². The third-order valence-electron chi connectivity index (χ3n) is 16.6. The Labute approximate surface area is 1120 Å². The minimum absolute atomic E-state index is 0. The predicted octanol–water partition coefficient (Wildman–Crippen LogP) is -65.4. The van der Waals surface area contributed by atoms with E-state index in [9.17, 15) is 187 Å². The van der Waals surface area contributed by atoms with Crippen molar-refractivity contribution in [3.63, 3.8) is 0 Å². The molecule has 71 nitrogen and oxygen atoms in total. The quantitative estimate of drug-likeness (QED) is 0.0137. The summed E-state index contributed by atoms with van der Waals surface area (Å²) in [6.45, 7) is -1.58. The molecule has 7 saturated heterocycles. The van der Waals surface area contributed by atoms with E-state index >= 15 is 0 Å². The number of carboxylic acid groups (broad SMARTS) is 4. The van der Waals surface area contributed by atoms with Gasteiger partial charge >= 0.3 is 384 Å². The van der Waals surface area contributed by atoms with Gasteiger partial charge in [0.05, 0.1) is 151 Å². The standard InChI is InChI=1S/C11H21NO16S3.C11H21NO13S2.C9H17NO7S.C7H15NO9S2.C7H12O6.C6H8O8S.2CH2O2.13Na.4H2O/c13-6-1-5(2-25-30(18,19)20)26-11(9(6)12-29(15,16)17)27-7-3-24-4-8(10(7)14)28-31(21,22)23;13-6-1-5(2-23-27(19,20)21)24-11(9(6)12-26(16,17)18)25-8-4-22-3-7(14)10(8)15;1-5-9(10-6(2)11)8(12)3-7(17-5)4-16-18(13,14)15;1-4-7(8-18(10,11)12)6(9)2-5(17-4)3-16-19(13,14)15;1-12-5-4(9)3(8)2-13-6(5)7(10)11;7-3-1-4(6(8)9)13-2-5(3)14-15(10,11)12;2*2-1-3;;;;;;;;;;;;;;;;;/h5-14H,1-4H2,(H,15,16,17)(H,18,19,20)(H,21,22,23);5-15H,1-4H2,(H,16,17,18)(H,19,20,21);5,7-9,12H,3-4H2,1-2H3,(H,10,11)(H,13,14,15);4-9H,2-3H2,1H3,(H,10,11,12)(H,13,14,15);3-6,8-9H,2H2,1H3,(H,10,11);1,3,5,7H,2H2,(H,8,9)(H,10,11,12);2*1H,(H,2,3);;;;;;;;;;;;;;4*1H2/q;;;;;;;;13*+1;;;;/p-13. The van der Waals surface area contributed by atoms with Crippen LogP contribution in [0.1, 0.15) is 46.5 Å². The number of nitrogens with one attached hydrogen (secondary N) is 4. The molecular formula is C53H93N4Na13O67S9. The van der Waals surface area contributed by atoms with Crippen LogP contribution < -0.4 is 424 Å². The van der Waals surface area contributed by atoms with E-state index in [-0.39, 0.29) is 445 Å². The fraction of sp³-hybridized carbons (Fsp3) is 0.868. The maximum Gasteiger partial charge on any atom is 1.00 e. The summed E-state index contributed by atoms with van der Waals surface area (Å²) in [5, 5.41) is 137. The number of rotatable bonds is 30. The number of aliphatic hydroxyl groups is 10. The summed E-state index contributed by atoms with van der Waals surface area (Å²) in [5.41, 5.74) is 0. The summed E-state index contributed by atoms with van der Waals surface area (Å²) in [4.78, 5) is 48.1. The Morgan fingerprint density at radius 3 is 0.973 bits per heavy atom. The minimum Gasteiger partial charge on any atom is -0.735 e. The topological polar surface area (TPSA) is 1230 Å². The minimum atomic E-state index is -5.24. The van der Waals surface area contributed by atoms with Crippen LogP contribution in [0.2, 0.25) is 0 Å². The number of carbonyl (C=O) groups excluding carboxylic acids is 5. The number of hydrogen-bond donors (Lipinski definition) is 14. The third kappa shape index (κ3) is 85.6. The fourth-order valence-electron chi connectivity index (χ4n) is 11.4. The summed E-state index contributed by atoms with van der Waals surface area (Å²) < 4.78 is 370. The van der Waals surface area contributed by atoms with Gasteiger partial charge in [-0.2, -0.15) is 0 Å². The van der Waals surface area contributed by atoms with Crippen molar-refractivity contribution in [1.29, 1.82) is 0 Å². The Kier molecular flexibility index (Phi) is 121. The van der Waals surface area contributed by atoms with Gasteiger partial charge in [-0.25, -0.2) is 89.9 Å². The molecule has 1 amide bonds. The molecule has 8 aliphatic rings. The summed E-state index contributed by atoms with van der Waals surface area (Å²) in [7, 11) is -43.8. The zero-order valence-electron chi connectivity index (χ0n) is 80.6. The fourth-order valence-corrected chi connectivity index (χ4v) is 15.5. The second-order valence-electron chi connectivity index (χ2n) is 26.4. The Balaban J connectivity index is -0.0000000898. The van der Waals surface area contributed by atoms with E-state index in [0.29, 0.717) is 6.08 Å². The molecule has 794 valence electrons. The summed E-state index contributed by atoms with van der Waals surface area (Å²) >= 11 is 0. The van der Waals surface area contributed by atoms with Gasteiger partial charge in [-0.3, -0.25) is 29.9 Å². The molecule has 0 aromatic rings. The van der Waals surface area contributed by atoms with Crippen LogP contribution in [-0.4, -0.2) is 465 Å². The van der Waals surface area contributed by atoms with Crippen molar-refractivity contribution in [2.45, 2.75) is 217 Å². The number of methoxy groups -OCH3 is 1. The molecule has 146 heavy (non-hydrogen) atoms. The molecular weight excluding hydrogens is 2350 g/mol. The van der Waals surface area contributed by atoms with E-state index in [2.05, 4.69) is 35.2 Å². The van der Waals surface area contributed by atoms with Gasteiger partial charge < -0.3 is 211 Å². The maximum atomic E-state index is 11.1. The smallest absolute Gasteiger partial charge is 0.735 e. The molecule has 8 heterocycles. The first-order valence-electron chi connectivity index (χ1n) is 34.8. The molecule has 8 aliphatic heterocycles. The second-order valence-corrected chi connectivity index (χ2v) is 36.0. The Hall–Kier alpha value is 7.76. The molecule has 0 spiro atoms. The van der Waals surface area contributed by atoms with Gasteiger partial charge in [-0.1, -0.05) is 0 Å². The van der Waals surface area contributed by atoms with Crippen LogP contribution in [0.3, 0.4) is 0 Å². The van der Waals surface area contributed by atoms with Gasteiger partial charge in [0.25, 0.3) is 0 Å². The van der Waals surface area contributed by atoms with Gasteiger partial charge in [0.2, 0.25) is 68.3 Å². The van der Waals surface area contributed by atoms with Crippen molar-refractivity contribution >= 4 is 124 Å². The number of carbonyl (C=O) groups is 5. The first-order chi connectivity index (χ1) is 58.8. The molecule has 0 aromatic carbocycles. The molecule has 0 radical (unpaired) electrons. The number of aliphatic carboxylic acids is 2. The molecule has 8 rings (SSSR count). The molecule has 0 aromatic heterocycles. The van der Waals surface area contributed by atoms with E-state index in [1.165, 1.54) is 25.7 Å². The van der Waals surface area contributed by atoms with E-state index in [1.54, 1.807) is 16.4 Å². The number of hydrogen-bond acceptors (Lipinski definition) is 63.